The van der Waals surface area contributed by atoms with Gasteiger partial charge in [-0.2, -0.15) is 0 Å². The van der Waals surface area contributed by atoms with Gasteiger partial charge in [-0.15, -0.1) is 0 Å². The Morgan fingerprint density at radius 2 is 1.71 bits per heavy atom. The number of allylic oxidation sites excluding steroid dienone is 4. The molecule has 1 aliphatic rings. The maximum absolute atomic E-state index is 11.8. The third-order valence-corrected chi connectivity index (χ3v) is 3.78. The van der Waals surface area contributed by atoms with Crippen LogP contribution in [0.1, 0.15) is 72.1 Å². The highest BCUT2D eigenvalue weighted by Crippen LogP contribution is 2.20. The summed E-state index contributed by atoms with van der Waals surface area (Å²) in [4.78, 5) is 23.5. The fourth-order valence-electron chi connectivity index (χ4n) is 2.44. The Kier molecular flexibility index (Phi) is 8.03. The van der Waals surface area contributed by atoms with Crippen molar-refractivity contribution in [3.63, 3.8) is 0 Å². The highest BCUT2D eigenvalue weighted by molar-refractivity contribution is 6.34. The molecule has 118 valence electrons. The zero-order chi connectivity index (χ0) is 15.7. The van der Waals surface area contributed by atoms with E-state index in [0.29, 0.717) is 0 Å². The largest absolute Gasteiger partial charge is 0.457 e. The van der Waals surface area contributed by atoms with E-state index < -0.39 is 11.8 Å². The van der Waals surface area contributed by atoms with Gasteiger partial charge in [-0.1, -0.05) is 29.7 Å². The second kappa shape index (κ2) is 9.54. The molecule has 0 radical (unpaired) electrons. The third-order valence-electron chi connectivity index (χ3n) is 3.78. The van der Waals surface area contributed by atoms with Crippen LogP contribution in [0, 0.1) is 0 Å². The second-order valence-electron chi connectivity index (χ2n) is 6.16. The Balaban J connectivity index is 2.30. The van der Waals surface area contributed by atoms with Gasteiger partial charge in [-0.3, -0.25) is 4.79 Å². The number of hydrogen-bond donors (Lipinski definition) is 0. The lowest BCUT2D eigenvalue weighted by atomic mass is 9.98. The molecule has 0 atom stereocenters. The van der Waals surface area contributed by atoms with Gasteiger partial charge < -0.3 is 4.74 Å². The molecule has 0 aromatic rings. The molecule has 0 aromatic heterocycles. The van der Waals surface area contributed by atoms with Gasteiger partial charge in [0.2, 0.25) is 5.78 Å². The van der Waals surface area contributed by atoms with E-state index in [1.165, 1.54) is 12.0 Å². The molecule has 1 aliphatic carbocycles. The second-order valence-corrected chi connectivity index (χ2v) is 6.16. The van der Waals surface area contributed by atoms with Gasteiger partial charge in [-0.05, 0) is 59.3 Å². The van der Waals surface area contributed by atoms with Crippen molar-refractivity contribution >= 4 is 11.8 Å². The minimum atomic E-state index is -0.657. The van der Waals surface area contributed by atoms with E-state index in [9.17, 15) is 9.59 Å². The first-order valence-electron chi connectivity index (χ1n) is 8.02. The van der Waals surface area contributed by atoms with Gasteiger partial charge in [0.05, 0.1) is 0 Å². The van der Waals surface area contributed by atoms with Crippen LogP contribution in [0.4, 0.5) is 0 Å². The van der Waals surface area contributed by atoms with E-state index in [1.807, 2.05) is 13.0 Å². The van der Waals surface area contributed by atoms with Crippen molar-refractivity contribution in [1.82, 2.24) is 0 Å². The summed E-state index contributed by atoms with van der Waals surface area (Å²) in [6, 6.07) is 0. The van der Waals surface area contributed by atoms with E-state index in [4.69, 9.17) is 4.74 Å². The number of ketones is 1. The Morgan fingerprint density at radius 1 is 1.05 bits per heavy atom. The average molecular weight is 292 g/mol. The van der Waals surface area contributed by atoms with Crippen LogP contribution in [0.15, 0.2) is 23.3 Å². The number of hydrogen-bond acceptors (Lipinski definition) is 3. The molecule has 0 bridgehead atoms. The first-order valence-corrected chi connectivity index (χ1v) is 8.02. The summed E-state index contributed by atoms with van der Waals surface area (Å²) in [6.45, 7) is 6.15. The minimum absolute atomic E-state index is 0.0436. The van der Waals surface area contributed by atoms with Crippen LogP contribution in [0.3, 0.4) is 0 Å². The summed E-state index contributed by atoms with van der Waals surface area (Å²) in [5, 5.41) is 0. The fourth-order valence-corrected chi connectivity index (χ4v) is 2.44. The third kappa shape index (κ3) is 7.84. The molecule has 0 amide bonds. The highest BCUT2D eigenvalue weighted by Gasteiger charge is 2.21. The van der Waals surface area contributed by atoms with Gasteiger partial charge in [0.15, 0.2) is 0 Å². The SMILES string of the molecule is CC(C)=CCCC(C)=CCC(=O)C(=O)OC1CCCCC1. The summed E-state index contributed by atoms with van der Waals surface area (Å²) in [7, 11) is 0. The van der Waals surface area contributed by atoms with E-state index in [1.54, 1.807) is 0 Å². The van der Waals surface area contributed by atoms with Crippen LogP contribution < -0.4 is 0 Å². The summed E-state index contributed by atoms with van der Waals surface area (Å²) in [6.07, 6.45) is 11.2. The molecule has 1 saturated carbocycles. The number of carbonyl (C=O) groups excluding carboxylic acids is 2. The maximum Gasteiger partial charge on any atom is 0.375 e. The van der Waals surface area contributed by atoms with E-state index in [-0.39, 0.29) is 12.5 Å². The Hall–Kier alpha value is -1.38. The van der Waals surface area contributed by atoms with Crippen LogP contribution in [0.5, 0.6) is 0 Å². The summed E-state index contributed by atoms with van der Waals surface area (Å²) in [5.41, 5.74) is 2.45. The van der Waals surface area contributed by atoms with E-state index in [0.717, 1.165) is 44.1 Å². The van der Waals surface area contributed by atoms with Crippen molar-refractivity contribution in [2.24, 2.45) is 0 Å². The Morgan fingerprint density at radius 3 is 2.33 bits per heavy atom. The molecule has 0 N–H and O–H groups in total. The smallest absolute Gasteiger partial charge is 0.375 e. The summed E-state index contributed by atoms with van der Waals surface area (Å²) in [5.74, 6) is -1.09. The first kappa shape index (κ1) is 17.7. The lowest BCUT2D eigenvalue weighted by Gasteiger charge is -2.21. The molecule has 0 saturated heterocycles. The molecule has 21 heavy (non-hydrogen) atoms. The molecular weight excluding hydrogens is 264 g/mol. The Bertz CT molecular complexity index is 408. The zero-order valence-electron chi connectivity index (χ0n) is 13.6. The van der Waals surface area contributed by atoms with Gasteiger partial charge >= 0.3 is 5.97 Å². The zero-order valence-corrected chi connectivity index (χ0v) is 13.6. The molecule has 1 fully saturated rings. The van der Waals surface area contributed by atoms with Crippen LogP contribution in [-0.4, -0.2) is 17.9 Å². The lowest BCUT2D eigenvalue weighted by Crippen LogP contribution is -2.25. The standard InChI is InChI=1S/C18H28O3/c1-14(2)8-7-9-15(3)12-13-17(19)18(20)21-16-10-5-4-6-11-16/h8,12,16H,4-7,9-11,13H2,1-3H3. The Labute approximate surface area is 128 Å². The molecule has 0 aliphatic heterocycles. The number of rotatable bonds is 7. The van der Waals surface area contributed by atoms with E-state index in [2.05, 4.69) is 19.9 Å². The number of esters is 1. The van der Waals surface area contributed by atoms with Crippen molar-refractivity contribution in [3.8, 4) is 0 Å². The molecule has 0 spiro atoms. The van der Waals surface area contributed by atoms with Gasteiger partial charge in [0, 0.05) is 6.42 Å². The van der Waals surface area contributed by atoms with Crippen molar-refractivity contribution in [3.05, 3.63) is 23.3 Å². The fraction of sp³-hybridized carbons (Fsp3) is 0.667. The number of Topliss-reactive ketones (excluding diaryl/α,β-unsaturated/α-hetero) is 1. The predicted octanol–water partition coefficient (Wildman–Crippen LogP) is 4.51. The summed E-state index contributed by atoms with van der Waals surface area (Å²) < 4.78 is 5.27. The molecule has 3 heteroatoms. The lowest BCUT2D eigenvalue weighted by molar-refractivity contribution is -0.158. The topological polar surface area (TPSA) is 43.4 Å². The van der Waals surface area contributed by atoms with Gasteiger partial charge in [-0.25, -0.2) is 4.79 Å². The molecule has 0 unspecified atom stereocenters. The maximum atomic E-state index is 11.8. The predicted molar refractivity (Wildman–Crippen MR) is 85.0 cm³/mol. The average Bonchev–Trinajstić information content (AvgIpc) is 2.45. The number of ether oxygens (including phenoxy) is 1. The monoisotopic (exact) mass is 292 g/mol. The quantitative estimate of drug-likeness (QED) is 0.394. The first-order chi connectivity index (χ1) is 9.99. The minimum Gasteiger partial charge on any atom is -0.457 e. The molecule has 3 nitrogen and oxygen atoms in total. The van der Waals surface area contributed by atoms with Crippen LogP contribution in [0.2, 0.25) is 0 Å². The molecular formula is C18H28O3. The molecule has 0 heterocycles. The van der Waals surface area contributed by atoms with Crippen molar-refractivity contribution in [2.45, 2.75) is 78.2 Å². The highest BCUT2D eigenvalue weighted by atomic mass is 16.5. The summed E-state index contributed by atoms with van der Waals surface area (Å²) >= 11 is 0. The van der Waals surface area contributed by atoms with Crippen LogP contribution >= 0.6 is 0 Å². The number of carbonyl (C=O) groups is 2. The van der Waals surface area contributed by atoms with Gasteiger partial charge in [0.25, 0.3) is 0 Å². The van der Waals surface area contributed by atoms with Crippen LogP contribution in [-0.2, 0) is 14.3 Å². The molecule has 0 aromatic carbocycles. The van der Waals surface area contributed by atoms with E-state index >= 15 is 0 Å². The van der Waals surface area contributed by atoms with Crippen LogP contribution in [0.25, 0.3) is 0 Å². The van der Waals surface area contributed by atoms with Crippen molar-refractivity contribution < 1.29 is 14.3 Å². The molecule has 1 rings (SSSR count). The van der Waals surface area contributed by atoms with Crippen molar-refractivity contribution in [1.29, 1.82) is 0 Å². The normalized spacial score (nSPS) is 16.4. The van der Waals surface area contributed by atoms with Gasteiger partial charge in [0.1, 0.15) is 6.10 Å². The van der Waals surface area contributed by atoms with Crippen molar-refractivity contribution in [2.75, 3.05) is 0 Å².